The van der Waals surface area contributed by atoms with Gasteiger partial charge in [-0.15, -0.1) is 0 Å². The van der Waals surface area contributed by atoms with E-state index in [9.17, 15) is 0 Å². The largest absolute Gasteiger partial charge is 0.299 e. The van der Waals surface area contributed by atoms with Gasteiger partial charge in [0.1, 0.15) is 0 Å². The summed E-state index contributed by atoms with van der Waals surface area (Å²) in [5.41, 5.74) is 3.02. The first-order chi connectivity index (χ1) is 9.11. The van der Waals surface area contributed by atoms with Crippen LogP contribution >= 0.6 is 11.6 Å². The zero-order valence-electron chi connectivity index (χ0n) is 11.0. The lowest BCUT2D eigenvalue weighted by molar-refractivity contribution is 0.342. The van der Waals surface area contributed by atoms with Crippen LogP contribution in [0.25, 0.3) is 0 Å². The molecule has 2 nitrogen and oxygen atoms in total. The Morgan fingerprint density at radius 1 is 0.947 bits per heavy atom. The van der Waals surface area contributed by atoms with Gasteiger partial charge in [0.05, 0.1) is 17.7 Å². The maximum Gasteiger partial charge on any atom is 0.0991 e. The maximum atomic E-state index is 8.85. The zero-order valence-corrected chi connectivity index (χ0v) is 11.7. The molecule has 0 N–H and O–H groups in total. The van der Waals surface area contributed by atoms with E-state index in [4.69, 9.17) is 16.9 Å². The van der Waals surface area contributed by atoms with E-state index in [1.54, 1.807) is 0 Å². The van der Waals surface area contributed by atoms with Gasteiger partial charge in [0, 0.05) is 5.02 Å². The van der Waals surface area contributed by atoms with Crippen molar-refractivity contribution in [3.8, 4) is 6.07 Å². The highest BCUT2D eigenvalue weighted by molar-refractivity contribution is 6.30. The fourth-order valence-corrected chi connectivity index (χ4v) is 2.30. The van der Waals surface area contributed by atoms with Crippen LogP contribution in [0.3, 0.4) is 0 Å². The van der Waals surface area contributed by atoms with Gasteiger partial charge in [-0.1, -0.05) is 35.9 Å². The molecule has 0 spiro atoms. The van der Waals surface area contributed by atoms with Crippen LogP contribution in [-0.2, 0) is 0 Å². The molecular formula is C16H15ClN2. The Kier molecular flexibility index (Phi) is 4.21. The van der Waals surface area contributed by atoms with E-state index in [2.05, 4.69) is 11.0 Å². The van der Waals surface area contributed by atoms with Crippen LogP contribution in [0, 0.1) is 11.3 Å². The number of nitriles is 1. The van der Waals surface area contributed by atoms with Crippen molar-refractivity contribution >= 4 is 11.6 Å². The van der Waals surface area contributed by atoms with E-state index < -0.39 is 0 Å². The minimum atomic E-state index is 0.157. The van der Waals surface area contributed by atoms with E-state index in [1.807, 2.05) is 62.6 Å². The predicted molar refractivity (Wildman–Crippen MR) is 78.1 cm³/mol. The molecule has 0 unspecified atom stereocenters. The predicted octanol–water partition coefficient (Wildman–Crippen LogP) is 3.86. The third-order valence-electron chi connectivity index (χ3n) is 3.06. The number of nitrogens with zero attached hydrogens (tertiary/aromatic N) is 2. The molecule has 0 amide bonds. The minimum Gasteiger partial charge on any atom is -0.299 e. The Balaban J connectivity index is 2.39. The topological polar surface area (TPSA) is 27.0 Å². The molecule has 3 heteroatoms. The Bertz CT molecular complexity index is 580. The lowest BCUT2D eigenvalue weighted by atomic mass is 9.97. The molecule has 0 radical (unpaired) electrons. The summed E-state index contributed by atoms with van der Waals surface area (Å²) in [6.45, 7) is 0. The van der Waals surface area contributed by atoms with Crippen molar-refractivity contribution in [1.82, 2.24) is 4.90 Å². The van der Waals surface area contributed by atoms with Crippen LogP contribution in [0.2, 0.25) is 5.02 Å². The van der Waals surface area contributed by atoms with Crippen molar-refractivity contribution in [2.75, 3.05) is 14.1 Å². The summed E-state index contributed by atoms with van der Waals surface area (Å²) in [5, 5.41) is 9.59. The van der Waals surface area contributed by atoms with Gasteiger partial charge in [0.15, 0.2) is 0 Å². The van der Waals surface area contributed by atoms with E-state index in [0.29, 0.717) is 5.56 Å². The number of halogens is 1. The summed E-state index contributed by atoms with van der Waals surface area (Å²) in [6, 6.07) is 17.9. The van der Waals surface area contributed by atoms with Crippen LogP contribution in [0.4, 0.5) is 0 Å². The third-order valence-corrected chi connectivity index (χ3v) is 3.31. The molecule has 0 aliphatic carbocycles. The highest BCUT2D eigenvalue weighted by Gasteiger charge is 2.16. The van der Waals surface area contributed by atoms with Crippen molar-refractivity contribution in [3.63, 3.8) is 0 Å². The minimum absolute atomic E-state index is 0.157. The molecule has 0 saturated carbocycles. The third kappa shape index (κ3) is 3.14. The van der Waals surface area contributed by atoms with Gasteiger partial charge in [0.2, 0.25) is 0 Å². The monoisotopic (exact) mass is 270 g/mol. The number of benzene rings is 2. The van der Waals surface area contributed by atoms with Gasteiger partial charge in [-0.05, 0) is 49.5 Å². The van der Waals surface area contributed by atoms with E-state index >= 15 is 0 Å². The second kappa shape index (κ2) is 5.88. The first kappa shape index (κ1) is 13.6. The van der Waals surface area contributed by atoms with Crippen LogP contribution in [0.15, 0.2) is 48.5 Å². The lowest BCUT2D eigenvalue weighted by Gasteiger charge is -2.25. The van der Waals surface area contributed by atoms with Crippen LogP contribution < -0.4 is 0 Å². The average Bonchev–Trinajstić information content (AvgIpc) is 2.42. The van der Waals surface area contributed by atoms with Gasteiger partial charge < -0.3 is 0 Å². The Morgan fingerprint density at radius 3 is 1.84 bits per heavy atom. The average molecular weight is 271 g/mol. The summed E-state index contributed by atoms with van der Waals surface area (Å²) in [5.74, 6) is 0. The molecule has 0 saturated heterocycles. The molecule has 19 heavy (non-hydrogen) atoms. The van der Waals surface area contributed by atoms with E-state index in [-0.39, 0.29) is 6.04 Å². The smallest absolute Gasteiger partial charge is 0.0991 e. The molecule has 0 heterocycles. The van der Waals surface area contributed by atoms with Crippen molar-refractivity contribution in [3.05, 3.63) is 70.2 Å². The molecule has 0 aliphatic heterocycles. The molecule has 2 rings (SSSR count). The van der Waals surface area contributed by atoms with Gasteiger partial charge in [0.25, 0.3) is 0 Å². The van der Waals surface area contributed by atoms with E-state index in [0.717, 1.165) is 10.6 Å². The fourth-order valence-electron chi connectivity index (χ4n) is 2.17. The van der Waals surface area contributed by atoms with Crippen LogP contribution in [0.1, 0.15) is 22.7 Å². The molecule has 1 atom stereocenters. The molecule has 2 aromatic carbocycles. The maximum absolute atomic E-state index is 8.85. The molecule has 0 aromatic heterocycles. The second-order valence-corrected chi connectivity index (χ2v) is 5.09. The molecule has 0 bridgehead atoms. The number of hydrogen-bond donors (Lipinski definition) is 0. The highest BCUT2D eigenvalue weighted by Crippen LogP contribution is 2.27. The Hall–Kier alpha value is -1.82. The standard InChI is InChI=1S/C16H15ClN2/c1-19(2)16(14-7-9-15(17)10-8-14)13-5-3-12(11-18)4-6-13/h3-10,16H,1-2H3/t16-/m0/s1. The lowest BCUT2D eigenvalue weighted by Crippen LogP contribution is -2.21. The normalized spacial score (nSPS) is 12.2. The van der Waals surface area contributed by atoms with Crippen molar-refractivity contribution in [2.45, 2.75) is 6.04 Å². The summed E-state index contributed by atoms with van der Waals surface area (Å²) < 4.78 is 0. The highest BCUT2D eigenvalue weighted by atomic mass is 35.5. The van der Waals surface area contributed by atoms with Gasteiger partial charge >= 0.3 is 0 Å². The SMILES string of the molecule is CN(C)[C@H](c1ccc(Cl)cc1)c1ccc(C#N)cc1. The Labute approximate surface area is 118 Å². The van der Waals surface area contributed by atoms with Crippen molar-refractivity contribution < 1.29 is 0 Å². The summed E-state index contributed by atoms with van der Waals surface area (Å²) in [6.07, 6.45) is 0. The molecular weight excluding hydrogens is 256 g/mol. The molecule has 2 aromatic rings. The molecule has 0 fully saturated rings. The Morgan fingerprint density at radius 2 is 1.42 bits per heavy atom. The zero-order chi connectivity index (χ0) is 13.8. The number of hydrogen-bond acceptors (Lipinski definition) is 2. The summed E-state index contributed by atoms with van der Waals surface area (Å²) >= 11 is 5.93. The van der Waals surface area contributed by atoms with Crippen LogP contribution in [0.5, 0.6) is 0 Å². The summed E-state index contributed by atoms with van der Waals surface area (Å²) in [7, 11) is 4.08. The van der Waals surface area contributed by atoms with Crippen LogP contribution in [-0.4, -0.2) is 19.0 Å². The summed E-state index contributed by atoms with van der Waals surface area (Å²) in [4.78, 5) is 2.14. The van der Waals surface area contributed by atoms with Crippen molar-refractivity contribution in [2.24, 2.45) is 0 Å². The first-order valence-electron chi connectivity index (χ1n) is 6.04. The molecule has 0 aliphatic rings. The molecule has 96 valence electrons. The fraction of sp³-hybridized carbons (Fsp3) is 0.188. The van der Waals surface area contributed by atoms with Gasteiger partial charge in [-0.25, -0.2) is 0 Å². The van der Waals surface area contributed by atoms with E-state index in [1.165, 1.54) is 5.56 Å². The van der Waals surface area contributed by atoms with Gasteiger partial charge in [-0.2, -0.15) is 5.26 Å². The van der Waals surface area contributed by atoms with Crippen molar-refractivity contribution in [1.29, 1.82) is 5.26 Å². The quantitative estimate of drug-likeness (QED) is 0.847. The first-order valence-corrected chi connectivity index (χ1v) is 6.41. The second-order valence-electron chi connectivity index (χ2n) is 4.65. The number of rotatable bonds is 3. The van der Waals surface area contributed by atoms with Gasteiger partial charge in [-0.3, -0.25) is 4.90 Å².